The lowest BCUT2D eigenvalue weighted by Crippen LogP contribution is -2.24. The Labute approximate surface area is 142 Å². The second-order valence-corrected chi connectivity index (χ2v) is 6.81. The highest BCUT2D eigenvalue weighted by molar-refractivity contribution is 7.21. The monoisotopic (exact) mass is 336 g/mol. The van der Waals surface area contributed by atoms with E-state index in [4.69, 9.17) is 0 Å². The van der Waals surface area contributed by atoms with Crippen molar-refractivity contribution >= 4 is 21.6 Å². The smallest absolute Gasteiger partial charge is 0.262 e. The Morgan fingerprint density at radius 2 is 2.00 bits per heavy atom. The van der Waals surface area contributed by atoms with Crippen LogP contribution in [0.3, 0.4) is 0 Å². The highest BCUT2D eigenvalue weighted by Crippen LogP contribution is 2.30. The van der Waals surface area contributed by atoms with E-state index in [9.17, 15) is 4.79 Å². The minimum absolute atomic E-state index is 0.0417. The highest BCUT2D eigenvalue weighted by Gasteiger charge is 2.16. The number of H-pyrrole nitrogens is 1. The lowest BCUT2D eigenvalue weighted by Gasteiger charge is -2.11. The van der Waals surface area contributed by atoms with Crippen LogP contribution in [0.25, 0.3) is 20.7 Å². The molecule has 4 aromatic rings. The van der Waals surface area contributed by atoms with Crippen LogP contribution in [-0.4, -0.2) is 19.5 Å². The lowest BCUT2D eigenvalue weighted by molar-refractivity contribution is 0.580. The van der Waals surface area contributed by atoms with E-state index >= 15 is 0 Å². The van der Waals surface area contributed by atoms with Crippen LogP contribution in [0.1, 0.15) is 24.5 Å². The van der Waals surface area contributed by atoms with E-state index in [2.05, 4.69) is 15.0 Å². The molecule has 0 saturated carbocycles. The van der Waals surface area contributed by atoms with Crippen molar-refractivity contribution in [1.29, 1.82) is 0 Å². The van der Waals surface area contributed by atoms with Gasteiger partial charge in [0.25, 0.3) is 5.56 Å². The van der Waals surface area contributed by atoms with Gasteiger partial charge in [-0.05, 0) is 25.5 Å². The van der Waals surface area contributed by atoms with Crippen molar-refractivity contribution in [2.45, 2.75) is 19.9 Å². The SMILES string of the molecule is Cc1cnc([C@H](C)n2cnc3sc(-c4ccccc4)cc3c2=O)[nH]1. The maximum absolute atomic E-state index is 12.9. The van der Waals surface area contributed by atoms with Crippen molar-refractivity contribution in [2.75, 3.05) is 0 Å². The van der Waals surface area contributed by atoms with Gasteiger partial charge >= 0.3 is 0 Å². The zero-order chi connectivity index (χ0) is 16.7. The Hall–Kier alpha value is -2.73. The number of nitrogens with one attached hydrogen (secondary N) is 1. The van der Waals surface area contributed by atoms with Crippen LogP contribution in [0.15, 0.2) is 53.7 Å². The van der Waals surface area contributed by atoms with Crippen molar-refractivity contribution in [3.63, 3.8) is 0 Å². The largest absolute Gasteiger partial charge is 0.344 e. The summed E-state index contributed by atoms with van der Waals surface area (Å²) >= 11 is 1.54. The zero-order valence-corrected chi connectivity index (χ0v) is 14.2. The summed E-state index contributed by atoms with van der Waals surface area (Å²) in [5.41, 5.74) is 2.03. The van der Waals surface area contributed by atoms with Gasteiger partial charge in [0.2, 0.25) is 0 Å². The third-order valence-corrected chi connectivity index (χ3v) is 5.16. The molecule has 4 rings (SSSR count). The molecule has 0 spiro atoms. The molecule has 0 bridgehead atoms. The third-order valence-electron chi connectivity index (χ3n) is 4.07. The van der Waals surface area contributed by atoms with Crippen molar-refractivity contribution in [3.8, 4) is 10.4 Å². The maximum Gasteiger partial charge on any atom is 0.262 e. The number of rotatable bonds is 3. The van der Waals surface area contributed by atoms with Crippen LogP contribution in [0.4, 0.5) is 0 Å². The highest BCUT2D eigenvalue weighted by atomic mass is 32.1. The molecule has 5 nitrogen and oxygen atoms in total. The fourth-order valence-electron chi connectivity index (χ4n) is 2.73. The summed E-state index contributed by atoms with van der Waals surface area (Å²) in [5, 5.41) is 0.650. The fourth-order valence-corrected chi connectivity index (χ4v) is 3.73. The Kier molecular flexibility index (Phi) is 3.54. The minimum atomic E-state index is -0.192. The number of aromatic amines is 1. The van der Waals surface area contributed by atoms with Gasteiger partial charge in [-0.25, -0.2) is 9.97 Å². The number of benzene rings is 1. The van der Waals surface area contributed by atoms with Gasteiger partial charge in [0.1, 0.15) is 10.7 Å². The molecular weight excluding hydrogens is 320 g/mol. The van der Waals surface area contributed by atoms with Gasteiger partial charge < -0.3 is 4.98 Å². The standard InChI is InChI=1S/C18H16N4OS/c1-11-9-19-16(21-11)12(2)22-10-20-17-14(18(22)23)8-15(24-17)13-6-4-3-5-7-13/h3-10,12H,1-2H3,(H,19,21)/t12-/m0/s1. The molecule has 6 heteroatoms. The first-order valence-electron chi connectivity index (χ1n) is 7.71. The summed E-state index contributed by atoms with van der Waals surface area (Å²) in [7, 11) is 0. The lowest BCUT2D eigenvalue weighted by atomic mass is 10.2. The molecule has 1 aromatic carbocycles. The molecule has 0 amide bonds. The molecule has 24 heavy (non-hydrogen) atoms. The van der Waals surface area contributed by atoms with Crippen molar-refractivity contribution in [1.82, 2.24) is 19.5 Å². The maximum atomic E-state index is 12.9. The Balaban J connectivity index is 1.82. The topological polar surface area (TPSA) is 63.6 Å². The Morgan fingerprint density at radius 3 is 2.71 bits per heavy atom. The predicted molar refractivity (Wildman–Crippen MR) is 96.5 cm³/mol. The van der Waals surface area contributed by atoms with Gasteiger partial charge in [-0.2, -0.15) is 0 Å². The second-order valence-electron chi connectivity index (χ2n) is 5.78. The van der Waals surface area contributed by atoms with Crippen LogP contribution in [-0.2, 0) is 0 Å². The van der Waals surface area contributed by atoms with Gasteiger partial charge in [0.15, 0.2) is 0 Å². The molecule has 3 aromatic heterocycles. The van der Waals surface area contributed by atoms with E-state index in [0.717, 1.165) is 26.8 Å². The van der Waals surface area contributed by atoms with Crippen LogP contribution in [0.2, 0.25) is 0 Å². The molecule has 0 saturated heterocycles. The molecular formula is C18H16N4OS. The quantitative estimate of drug-likeness (QED) is 0.619. The van der Waals surface area contributed by atoms with Crippen LogP contribution >= 0.6 is 11.3 Å². The number of hydrogen-bond acceptors (Lipinski definition) is 4. The number of fused-ring (bicyclic) bond motifs is 1. The average molecular weight is 336 g/mol. The molecule has 0 aliphatic rings. The predicted octanol–water partition coefficient (Wildman–Crippen LogP) is 3.77. The second kappa shape index (κ2) is 5.72. The van der Waals surface area contributed by atoms with Crippen molar-refractivity contribution < 1.29 is 0 Å². The van der Waals surface area contributed by atoms with E-state index in [1.54, 1.807) is 17.1 Å². The Morgan fingerprint density at radius 1 is 1.21 bits per heavy atom. The average Bonchev–Trinajstić information content (AvgIpc) is 3.22. The third kappa shape index (κ3) is 2.45. The molecule has 3 heterocycles. The molecule has 0 aliphatic carbocycles. The molecule has 0 unspecified atom stereocenters. The number of hydrogen-bond donors (Lipinski definition) is 1. The number of thiophene rings is 1. The van der Waals surface area contributed by atoms with Crippen LogP contribution in [0.5, 0.6) is 0 Å². The zero-order valence-electron chi connectivity index (χ0n) is 13.4. The molecule has 0 fully saturated rings. The van der Waals surface area contributed by atoms with Gasteiger partial charge in [-0.3, -0.25) is 9.36 Å². The van der Waals surface area contributed by atoms with Crippen LogP contribution in [0, 0.1) is 6.92 Å². The van der Waals surface area contributed by atoms with E-state index in [1.807, 2.05) is 50.2 Å². The first-order chi connectivity index (χ1) is 11.6. The number of aromatic nitrogens is 4. The summed E-state index contributed by atoms with van der Waals surface area (Å²) in [5.74, 6) is 0.759. The number of aryl methyl sites for hydroxylation is 1. The summed E-state index contributed by atoms with van der Waals surface area (Å²) in [6, 6.07) is 11.8. The van der Waals surface area contributed by atoms with Gasteiger partial charge in [-0.15, -0.1) is 11.3 Å². The van der Waals surface area contributed by atoms with Gasteiger partial charge in [0, 0.05) is 16.8 Å². The van der Waals surface area contributed by atoms with E-state index in [0.29, 0.717) is 5.39 Å². The van der Waals surface area contributed by atoms with E-state index in [-0.39, 0.29) is 11.6 Å². The molecule has 1 atom stereocenters. The first kappa shape index (κ1) is 14.8. The van der Waals surface area contributed by atoms with E-state index in [1.165, 1.54) is 11.3 Å². The van der Waals surface area contributed by atoms with Crippen molar-refractivity contribution in [2.24, 2.45) is 0 Å². The normalized spacial score (nSPS) is 12.6. The van der Waals surface area contributed by atoms with E-state index < -0.39 is 0 Å². The molecule has 1 N–H and O–H groups in total. The summed E-state index contributed by atoms with van der Waals surface area (Å²) < 4.78 is 1.63. The summed E-state index contributed by atoms with van der Waals surface area (Å²) in [6.07, 6.45) is 3.37. The minimum Gasteiger partial charge on any atom is -0.344 e. The van der Waals surface area contributed by atoms with Crippen LogP contribution < -0.4 is 5.56 Å². The molecule has 0 radical (unpaired) electrons. The van der Waals surface area contributed by atoms with Gasteiger partial charge in [-0.1, -0.05) is 30.3 Å². The molecule has 120 valence electrons. The summed E-state index contributed by atoms with van der Waals surface area (Å²) in [4.78, 5) is 26.7. The molecule has 0 aliphatic heterocycles. The fraction of sp³-hybridized carbons (Fsp3) is 0.167. The number of nitrogens with zero attached hydrogens (tertiary/aromatic N) is 3. The summed E-state index contributed by atoms with van der Waals surface area (Å²) in [6.45, 7) is 3.89. The van der Waals surface area contributed by atoms with Gasteiger partial charge in [0.05, 0.1) is 17.8 Å². The first-order valence-corrected chi connectivity index (χ1v) is 8.53. The van der Waals surface area contributed by atoms with Crippen molar-refractivity contribution in [3.05, 3.63) is 70.8 Å². The Bertz CT molecular complexity index is 1060. The number of imidazole rings is 1.